The standard InChI is InChI=1S/C30H28N2O5/c1-15-8-16(2)10-19(9-15)31-14-17(11-25(31)33)30(36)37-20-5-3-4-18(12-20)32-28(34)26-21-6-7-22(24-13-23(21)24)27(26)29(32)35/h3-10,12,17,21-24,26-27H,11,13-14H2,1-2H3/t17-,21-,22-,23-,24-,26+,27+/m1/s1. The first kappa shape index (κ1) is 22.5. The molecular formula is C30H28N2O5. The molecule has 2 aliphatic heterocycles. The third-order valence-corrected chi connectivity index (χ3v) is 8.93. The number of allylic oxidation sites excluding steroid dienone is 2. The van der Waals surface area contributed by atoms with Crippen molar-refractivity contribution in [1.29, 1.82) is 0 Å². The average molecular weight is 497 g/mol. The van der Waals surface area contributed by atoms with Crippen molar-refractivity contribution in [1.82, 2.24) is 0 Å². The predicted octanol–water partition coefficient (Wildman–Crippen LogP) is 3.82. The van der Waals surface area contributed by atoms with Crippen LogP contribution in [0.15, 0.2) is 54.6 Å². The van der Waals surface area contributed by atoms with E-state index < -0.39 is 11.9 Å². The lowest BCUT2D eigenvalue weighted by Crippen LogP contribution is -2.40. The number of imide groups is 1. The molecule has 7 atom stereocenters. The molecule has 6 aliphatic rings. The van der Waals surface area contributed by atoms with E-state index in [1.165, 1.54) is 4.90 Å². The molecule has 7 heteroatoms. The van der Waals surface area contributed by atoms with E-state index in [4.69, 9.17) is 4.74 Å². The van der Waals surface area contributed by atoms with E-state index in [9.17, 15) is 19.2 Å². The maximum Gasteiger partial charge on any atom is 0.316 e. The Morgan fingerprint density at radius 3 is 2.16 bits per heavy atom. The van der Waals surface area contributed by atoms with Crippen LogP contribution in [0.1, 0.15) is 24.0 Å². The molecule has 0 N–H and O–H groups in total. The van der Waals surface area contributed by atoms with Crippen LogP contribution in [0.4, 0.5) is 11.4 Å². The second-order valence-electron chi connectivity index (χ2n) is 11.3. The third-order valence-electron chi connectivity index (χ3n) is 8.93. The van der Waals surface area contributed by atoms with E-state index in [0.717, 1.165) is 23.2 Å². The van der Waals surface area contributed by atoms with Crippen molar-refractivity contribution in [2.24, 2.45) is 41.4 Å². The summed E-state index contributed by atoms with van der Waals surface area (Å²) in [6, 6.07) is 12.5. The Balaban J connectivity index is 1.08. The average Bonchev–Trinajstić information content (AvgIpc) is 3.53. The Labute approximate surface area is 215 Å². The first-order valence-electron chi connectivity index (χ1n) is 13.1. The number of nitrogens with zero attached hydrogens (tertiary/aromatic N) is 2. The van der Waals surface area contributed by atoms with Crippen LogP contribution in [0.2, 0.25) is 0 Å². The molecule has 0 radical (unpaired) electrons. The number of carbonyl (C=O) groups excluding carboxylic acids is 4. The fourth-order valence-corrected chi connectivity index (χ4v) is 7.32. The Morgan fingerprint density at radius 2 is 1.51 bits per heavy atom. The third kappa shape index (κ3) is 3.40. The first-order valence-corrected chi connectivity index (χ1v) is 13.1. The molecule has 7 nitrogen and oxygen atoms in total. The minimum absolute atomic E-state index is 0.0794. The summed E-state index contributed by atoms with van der Waals surface area (Å²) in [7, 11) is 0. The Morgan fingerprint density at radius 1 is 0.865 bits per heavy atom. The predicted molar refractivity (Wildman–Crippen MR) is 136 cm³/mol. The fraction of sp³-hybridized carbons (Fsp3) is 0.400. The second-order valence-corrected chi connectivity index (χ2v) is 11.3. The number of amides is 3. The van der Waals surface area contributed by atoms with Gasteiger partial charge in [0.1, 0.15) is 5.75 Å². The van der Waals surface area contributed by atoms with Crippen molar-refractivity contribution in [3.8, 4) is 5.75 Å². The summed E-state index contributed by atoms with van der Waals surface area (Å²) < 4.78 is 5.67. The number of ether oxygens (including phenoxy) is 1. The summed E-state index contributed by atoms with van der Waals surface area (Å²) in [5.74, 6) is -0.396. The van der Waals surface area contributed by atoms with E-state index in [2.05, 4.69) is 12.2 Å². The fourth-order valence-electron chi connectivity index (χ4n) is 7.32. The second kappa shape index (κ2) is 7.88. The number of carbonyl (C=O) groups is 4. The Hall–Kier alpha value is -3.74. The van der Waals surface area contributed by atoms with Crippen LogP contribution in [0.5, 0.6) is 5.75 Å². The largest absolute Gasteiger partial charge is 0.426 e. The van der Waals surface area contributed by atoms with E-state index >= 15 is 0 Å². The Kier molecular flexibility index (Phi) is 4.78. The lowest BCUT2D eigenvalue weighted by molar-refractivity contribution is -0.139. The summed E-state index contributed by atoms with van der Waals surface area (Å²) in [6.07, 6.45) is 5.50. The monoisotopic (exact) mass is 496 g/mol. The van der Waals surface area contributed by atoms with Crippen molar-refractivity contribution >= 4 is 35.1 Å². The quantitative estimate of drug-likeness (QED) is 0.278. The summed E-state index contributed by atoms with van der Waals surface area (Å²) in [5, 5.41) is 0. The maximum absolute atomic E-state index is 13.4. The van der Waals surface area contributed by atoms with Crippen LogP contribution >= 0.6 is 0 Å². The number of benzene rings is 2. The van der Waals surface area contributed by atoms with Crippen molar-refractivity contribution in [2.75, 3.05) is 16.3 Å². The normalized spacial score (nSPS) is 33.1. The number of anilines is 2. The number of aryl methyl sites for hydroxylation is 2. The van der Waals surface area contributed by atoms with Gasteiger partial charge in [-0.15, -0.1) is 0 Å². The number of hydrogen-bond donors (Lipinski definition) is 0. The lowest BCUT2D eigenvalue weighted by atomic mass is 9.63. The maximum atomic E-state index is 13.4. The minimum atomic E-state index is -0.594. The molecule has 8 rings (SSSR count). The van der Waals surface area contributed by atoms with E-state index in [1.807, 2.05) is 32.0 Å². The summed E-state index contributed by atoms with van der Waals surface area (Å²) >= 11 is 0. The van der Waals surface area contributed by atoms with Crippen LogP contribution in [0.25, 0.3) is 0 Å². The molecule has 3 amide bonds. The van der Waals surface area contributed by atoms with Crippen molar-refractivity contribution in [3.05, 3.63) is 65.7 Å². The van der Waals surface area contributed by atoms with Crippen molar-refractivity contribution < 1.29 is 23.9 Å². The van der Waals surface area contributed by atoms with Crippen molar-refractivity contribution in [3.63, 3.8) is 0 Å². The molecule has 2 bridgehead atoms. The lowest BCUT2D eigenvalue weighted by Gasteiger charge is -2.37. The van der Waals surface area contributed by atoms with Gasteiger partial charge >= 0.3 is 5.97 Å². The molecular weight excluding hydrogens is 468 g/mol. The highest BCUT2D eigenvalue weighted by molar-refractivity contribution is 6.22. The molecule has 2 aromatic carbocycles. The molecule has 2 saturated carbocycles. The summed E-state index contributed by atoms with van der Waals surface area (Å²) in [4.78, 5) is 55.5. The molecule has 4 fully saturated rings. The van der Waals surface area contributed by atoms with Gasteiger partial charge in [0.2, 0.25) is 17.7 Å². The molecule has 2 saturated heterocycles. The van der Waals surface area contributed by atoms with Gasteiger partial charge in [0.05, 0.1) is 23.4 Å². The van der Waals surface area contributed by atoms with Crippen LogP contribution in [-0.4, -0.2) is 30.2 Å². The summed E-state index contributed by atoms with van der Waals surface area (Å²) in [5.41, 5.74) is 3.32. The van der Waals surface area contributed by atoms with Crippen LogP contribution in [0.3, 0.4) is 0 Å². The van der Waals surface area contributed by atoms with E-state index in [1.54, 1.807) is 29.2 Å². The number of rotatable bonds is 4. The first-order chi connectivity index (χ1) is 17.8. The zero-order chi connectivity index (χ0) is 25.6. The SMILES string of the molecule is Cc1cc(C)cc(N2C[C@H](C(=O)Oc3cccc(N4C(=O)[C@H]5[C@@H]6C=C[C@H]([C@H]7C[C@H]67)[C@@H]5C4=O)c3)CC2=O)c1. The van der Waals surface area contributed by atoms with E-state index in [0.29, 0.717) is 17.5 Å². The highest BCUT2D eigenvalue weighted by Gasteiger charge is 2.67. The number of hydrogen-bond acceptors (Lipinski definition) is 5. The molecule has 2 aromatic rings. The van der Waals surface area contributed by atoms with Gasteiger partial charge in [-0.3, -0.25) is 19.2 Å². The molecule has 188 valence electrons. The minimum Gasteiger partial charge on any atom is -0.426 e. The topological polar surface area (TPSA) is 84.0 Å². The zero-order valence-electron chi connectivity index (χ0n) is 20.8. The highest BCUT2D eigenvalue weighted by Crippen LogP contribution is 2.65. The van der Waals surface area contributed by atoms with Gasteiger partial charge in [-0.05, 0) is 79.3 Å². The van der Waals surface area contributed by atoms with Gasteiger partial charge in [0, 0.05) is 24.7 Å². The highest BCUT2D eigenvalue weighted by atomic mass is 16.5. The smallest absolute Gasteiger partial charge is 0.316 e. The van der Waals surface area contributed by atoms with Crippen LogP contribution in [0, 0.1) is 55.3 Å². The van der Waals surface area contributed by atoms with Gasteiger partial charge in [-0.2, -0.15) is 0 Å². The van der Waals surface area contributed by atoms with Gasteiger partial charge < -0.3 is 9.64 Å². The van der Waals surface area contributed by atoms with Gasteiger partial charge in [0.15, 0.2) is 0 Å². The molecule has 0 unspecified atom stereocenters. The molecule has 0 aromatic heterocycles. The van der Waals surface area contributed by atoms with Gasteiger partial charge in [-0.25, -0.2) is 4.90 Å². The van der Waals surface area contributed by atoms with Crippen LogP contribution in [-0.2, 0) is 19.2 Å². The van der Waals surface area contributed by atoms with Gasteiger partial charge in [0.25, 0.3) is 0 Å². The summed E-state index contributed by atoms with van der Waals surface area (Å²) in [6.45, 7) is 4.21. The van der Waals surface area contributed by atoms with Gasteiger partial charge in [-0.1, -0.05) is 24.3 Å². The zero-order valence-corrected chi connectivity index (χ0v) is 20.8. The number of esters is 1. The molecule has 37 heavy (non-hydrogen) atoms. The molecule has 2 heterocycles. The van der Waals surface area contributed by atoms with E-state index in [-0.39, 0.29) is 60.1 Å². The van der Waals surface area contributed by atoms with Crippen LogP contribution < -0.4 is 14.5 Å². The Bertz CT molecular complexity index is 1360. The van der Waals surface area contributed by atoms with Crippen molar-refractivity contribution in [2.45, 2.75) is 26.7 Å². The molecule has 0 spiro atoms. The molecule has 4 aliphatic carbocycles.